The Hall–Kier alpha value is -1.64. The molecule has 0 aliphatic rings. The molecule has 5 nitrogen and oxygen atoms in total. The number of pyridine rings is 1. The van der Waals surface area contributed by atoms with Gasteiger partial charge in [0.1, 0.15) is 11.8 Å². The quantitative estimate of drug-likeness (QED) is 0.789. The van der Waals surface area contributed by atoms with Crippen LogP contribution in [-0.2, 0) is 4.74 Å². The van der Waals surface area contributed by atoms with Crippen molar-refractivity contribution in [2.24, 2.45) is 0 Å². The Labute approximate surface area is 111 Å². The number of alkyl halides is 1. The molecule has 1 aromatic rings. The molecular weight excluding hydrogens is 254 g/mol. The molecule has 1 aromatic heterocycles. The van der Waals surface area contributed by atoms with Crippen molar-refractivity contribution in [2.45, 2.75) is 12.5 Å². The lowest BCUT2D eigenvalue weighted by atomic mass is 10.2. The number of halogens is 1. The molecule has 1 N–H and O–H groups in total. The number of carbonyl (C=O) groups excluding carboxylic acids is 1. The molecule has 0 aromatic carbocycles. The average Bonchev–Trinajstić information content (AvgIpc) is 2.39. The molecule has 1 rings (SSSR count). The number of amides is 1. The summed E-state index contributed by atoms with van der Waals surface area (Å²) in [4.78, 5) is 15.8. The highest BCUT2D eigenvalue weighted by atomic mass is 35.5. The average molecular weight is 268 g/mol. The second-order valence-electron chi connectivity index (χ2n) is 3.65. The van der Waals surface area contributed by atoms with Crippen LogP contribution in [0.3, 0.4) is 0 Å². The highest BCUT2D eigenvalue weighted by molar-refractivity contribution is 6.17. The summed E-state index contributed by atoms with van der Waals surface area (Å²) in [6, 6.07) is 4.86. The highest BCUT2D eigenvalue weighted by Crippen LogP contribution is 2.01. The normalized spacial score (nSPS) is 11.6. The number of carbonyl (C=O) groups is 1. The second kappa shape index (κ2) is 7.64. The summed E-state index contributed by atoms with van der Waals surface area (Å²) < 4.78 is 4.99. The van der Waals surface area contributed by atoms with Crippen LogP contribution in [0.25, 0.3) is 0 Å². The van der Waals surface area contributed by atoms with E-state index in [9.17, 15) is 4.79 Å². The zero-order valence-electron chi connectivity index (χ0n) is 10.0. The van der Waals surface area contributed by atoms with Crippen LogP contribution in [-0.4, -0.2) is 36.5 Å². The van der Waals surface area contributed by atoms with Crippen LogP contribution in [0.2, 0.25) is 0 Å². The molecule has 0 fully saturated rings. The Kier molecular flexibility index (Phi) is 6.12. The van der Waals surface area contributed by atoms with E-state index in [4.69, 9.17) is 21.6 Å². The predicted molar refractivity (Wildman–Crippen MR) is 67.4 cm³/mol. The molecule has 0 spiro atoms. The third-order valence-corrected chi connectivity index (χ3v) is 2.50. The smallest absolute Gasteiger partial charge is 0.270 e. The van der Waals surface area contributed by atoms with E-state index in [2.05, 4.69) is 10.3 Å². The van der Waals surface area contributed by atoms with Crippen LogP contribution in [0.15, 0.2) is 18.3 Å². The van der Waals surface area contributed by atoms with Gasteiger partial charge in [-0.15, -0.1) is 11.6 Å². The molecule has 6 heteroatoms. The fourth-order valence-electron chi connectivity index (χ4n) is 1.38. The van der Waals surface area contributed by atoms with E-state index in [1.165, 1.54) is 12.3 Å². The number of nitriles is 1. The molecule has 1 heterocycles. The third kappa shape index (κ3) is 4.32. The summed E-state index contributed by atoms with van der Waals surface area (Å²) in [6.45, 7) is 0.398. The number of nitrogens with one attached hydrogen (secondary N) is 1. The standard InChI is InChI=1S/C12H14ClN3O2/c1-18-8-10(4-5-13)16-12(17)11-3-2-9(6-14)7-15-11/h2-3,7,10H,4-5,8H2,1H3,(H,16,17). The molecule has 0 aliphatic carbocycles. The summed E-state index contributed by atoms with van der Waals surface area (Å²) in [5.41, 5.74) is 0.686. The van der Waals surface area contributed by atoms with Crippen LogP contribution in [0.4, 0.5) is 0 Å². The van der Waals surface area contributed by atoms with Crippen molar-refractivity contribution in [1.82, 2.24) is 10.3 Å². The molecule has 0 radical (unpaired) electrons. The number of methoxy groups -OCH3 is 1. The van der Waals surface area contributed by atoms with Crippen molar-refractivity contribution >= 4 is 17.5 Å². The maximum atomic E-state index is 11.8. The van der Waals surface area contributed by atoms with Gasteiger partial charge in [-0.05, 0) is 18.6 Å². The molecule has 96 valence electrons. The van der Waals surface area contributed by atoms with Crippen LogP contribution >= 0.6 is 11.6 Å². The van der Waals surface area contributed by atoms with Gasteiger partial charge in [-0.3, -0.25) is 4.79 Å². The molecular formula is C12H14ClN3O2. The first-order valence-electron chi connectivity index (χ1n) is 5.43. The Morgan fingerprint density at radius 1 is 1.67 bits per heavy atom. The number of hydrogen-bond acceptors (Lipinski definition) is 4. The zero-order chi connectivity index (χ0) is 13.4. The highest BCUT2D eigenvalue weighted by Gasteiger charge is 2.14. The van der Waals surface area contributed by atoms with Gasteiger partial charge in [-0.2, -0.15) is 5.26 Å². The SMILES string of the molecule is COCC(CCCl)NC(=O)c1ccc(C#N)cn1. The fraction of sp³-hybridized carbons (Fsp3) is 0.417. The summed E-state index contributed by atoms with van der Waals surface area (Å²) >= 11 is 5.64. The first kappa shape index (κ1) is 14.4. The number of rotatable bonds is 6. The Balaban J connectivity index is 2.65. The van der Waals surface area contributed by atoms with Crippen molar-refractivity contribution in [3.8, 4) is 6.07 Å². The van der Waals surface area contributed by atoms with Gasteiger partial charge in [0.25, 0.3) is 5.91 Å². The largest absolute Gasteiger partial charge is 0.383 e. The Morgan fingerprint density at radius 2 is 2.44 bits per heavy atom. The van der Waals surface area contributed by atoms with Crippen LogP contribution in [0.1, 0.15) is 22.5 Å². The molecule has 1 unspecified atom stereocenters. The first-order chi connectivity index (χ1) is 8.71. The zero-order valence-corrected chi connectivity index (χ0v) is 10.8. The maximum Gasteiger partial charge on any atom is 0.270 e. The summed E-state index contributed by atoms with van der Waals surface area (Å²) in [5, 5.41) is 11.4. The third-order valence-electron chi connectivity index (χ3n) is 2.29. The Bertz CT molecular complexity index is 422. The monoisotopic (exact) mass is 267 g/mol. The van der Waals surface area contributed by atoms with Gasteiger partial charge in [-0.25, -0.2) is 4.98 Å². The van der Waals surface area contributed by atoms with Crippen molar-refractivity contribution in [1.29, 1.82) is 5.26 Å². The van der Waals surface area contributed by atoms with E-state index in [0.29, 0.717) is 24.5 Å². The van der Waals surface area contributed by atoms with Crippen LogP contribution < -0.4 is 5.32 Å². The fourth-order valence-corrected chi connectivity index (χ4v) is 1.65. The maximum absolute atomic E-state index is 11.8. The van der Waals surface area contributed by atoms with Gasteiger partial charge in [-0.1, -0.05) is 0 Å². The van der Waals surface area contributed by atoms with E-state index in [0.717, 1.165) is 0 Å². The van der Waals surface area contributed by atoms with Gasteiger partial charge in [0, 0.05) is 19.2 Å². The van der Waals surface area contributed by atoms with Gasteiger partial charge in [0.2, 0.25) is 0 Å². The van der Waals surface area contributed by atoms with Crippen molar-refractivity contribution in [2.75, 3.05) is 19.6 Å². The predicted octanol–water partition coefficient (Wildman–Crippen LogP) is 1.33. The molecule has 0 aliphatic heterocycles. The van der Waals surface area contributed by atoms with Crippen LogP contribution in [0.5, 0.6) is 0 Å². The molecule has 0 saturated carbocycles. The summed E-state index contributed by atoms with van der Waals surface area (Å²) in [6.07, 6.45) is 1.99. The topological polar surface area (TPSA) is 75.0 Å². The van der Waals surface area contributed by atoms with E-state index >= 15 is 0 Å². The van der Waals surface area contributed by atoms with Gasteiger partial charge >= 0.3 is 0 Å². The van der Waals surface area contributed by atoms with E-state index < -0.39 is 0 Å². The minimum absolute atomic E-state index is 0.141. The van der Waals surface area contributed by atoms with Gasteiger partial charge in [0.05, 0.1) is 18.2 Å². The van der Waals surface area contributed by atoms with E-state index in [1.54, 1.807) is 13.2 Å². The van der Waals surface area contributed by atoms with E-state index in [-0.39, 0.29) is 17.6 Å². The number of ether oxygens (including phenoxy) is 1. The summed E-state index contributed by atoms with van der Waals surface area (Å²) in [7, 11) is 1.56. The number of hydrogen-bond donors (Lipinski definition) is 1. The minimum atomic E-state index is -0.299. The number of aromatic nitrogens is 1. The van der Waals surface area contributed by atoms with Crippen molar-refractivity contribution in [3.05, 3.63) is 29.6 Å². The van der Waals surface area contributed by atoms with Crippen LogP contribution in [0, 0.1) is 11.3 Å². The van der Waals surface area contributed by atoms with Gasteiger partial charge in [0.15, 0.2) is 0 Å². The molecule has 1 atom stereocenters. The molecule has 1 amide bonds. The minimum Gasteiger partial charge on any atom is -0.383 e. The lowest BCUT2D eigenvalue weighted by Gasteiger charge is -2.16. The lowest BCUT2D eigenvalue weighted by molar-refractivity contribution is 0.0890. The summed E-state index contributed by atoms with van der Waals surface area (Å²) in [5.74, 6) is 0.140. The second-order valence-corrected chi connectivity index (χ2v) is 4.03. The van der Waals surface area contributed by atoms with Crippen molar-refractivity contribution in [3.63, 3.8) is 0 Å². The molecule has 0 bridgehead atoms. The molecule has 0 saturated heterocycles. The lowest BCUT2D eigenvalue weighted by Crippen LogP contribution is -2.38. The van der Waals surface area contributed by atoms with E-state index in [1.807, 2.05) is 6.07 Å². The van der Waals surface area contributed by atoms with Gasteiger partial charge < -0.3 is 10.1 Å². The Morgan fingerprint density at radius 3 is 2.94 bits per heavy atom. The van der Waals surface area contributed by atoms with Crippen molar-refractivity contribution < 1.29 is 9.53 Å². The molecule has 18 heavy (non-hydrogen) atoms. The first-order valence-corrected chi connectivity index (χ1v) is 5.96. The number of nitrogens with zero attached hydrogens (tertiary/aromatic N) is 2.